The van der Waals surface area contributed by atoms with Crippen LogP contribution in [0.4, 0.5) is 4.39 Å². The first-order valence-corrected chi connectivity index (χ1v) is 5.26. The van der Waals surface area contributed by atoms with Crippen LogP contribution in [0.1, 0.15) is 24.3 Å². The number of nitrogens with one attached hydrogen (secondary N) is 1. The zero-order valence-electron chi connectivity index (χ0n) is 8.09. The maximum Gasteiger partial charge on any atom is 0.123 e. The van der Waals surface area contributed by atoms with Crippen molar-refractivity contribution in [3.63, 3.8) is 0 Å². The average molecular weight is 191 g/mol. The highest BCUT2D eigenvalue weighted by molar-refractivity contribution is 5.31. The molecule has 1 saturated carbocycles. The summed E-state index contributed by atoms with van der Waals surface area (Å²) in [4.78, 5) is 0. The molecule has 14 heavy (non-hydrogen) atoms. The molecule has 2 atom stereocenters. The monoisotopic (exact) mass is 191 g/mol. The molecule has 1 aliphatic carbocycles. The lowest BCUT2D eigenvalue weighted by Crippen LogP contribution is -2.10. The minimum Gasteiger partial charge on any atom is -0.316 e. The van der Waals surface area contributed by atoms with Crippen LogP contribution in [0.2, 0.25) is 0 Å². The number of hydrogen-bond donors (Lipinski definition) is 1. The fourth-order valence-corrected chi connectivity index (χ4v) is 2.75. The van der Waals surface area contributed by atoms with E-state index in [-0.39, 0.29) is 5.82 Å². The predicted octanol–water partition coefficient (Wildman–Crippen LogP) is 2.29. The van der Waals surface area contributed by atoms with Crippen molar-refractivity contribution < 1.29 is 4.39 Å². The third kappa shape index (κ3) is 1.17. The predicted molar refractivity (Wildman–Crippen MR) is 53.7 cm³/mol. The van der Waals surface area contributed by atoms with Crippen LogP contribution in [0.15, 0.2) is 24.3 Å². The van der Waals surface area contributed by atoms with Crippen molar-refractivity contribution in [2.45, 2.75) is 18.8 Å². The quantitative estimate of drug-likeness (QED) is 0.718. The van der Waals surface area contributed by atoms with Crippen molar-refractivity contribution in [3.05, 3.63) is 35.6 Å². The molecule has 0 aromatic heterocycles. The van der Waals surface area contributed by atoms with Crippen molar-refractivity contribution in [1.82, 2.24) is 5.32 Å². The highest BCUT2D eigenvalue weighted by atomic mass is 19.1. The van der Waals surface area contributed by atoms with Gasteiger partial charge in [-0.1, -0.05) is 12.1 Å². The van der Waals surface area contributed by atoms with E-state index >= 15 is 0 Å². The fourth-order valence-electron chi connectivity index (χ4n) is 2.75. The molecular formula is C12H14FN. The van der Waals surface area contributed by atoms with Crippen LogP contribution in [0.25, 0.3) is 0 Å². The highest BCUT2D eigenvalue weighted by Crippen LogP contribution is 2.62. The molecule has 1 aliphatic heterocycles. The van der Waals surface area contributed by atoms with Gasteiger partial charge < -0.3 is 5.32 Å². The van der Waals surface area contributed by atoms with Gasteiger partial charge in [-0.25, -0.2) is 4.39 Å². The maximum absolute atomic E-state index is 12.7. The molecule has 2 fully saturated rings. The lowest BCUT2D eigenvalue weighted by Gasteiger charge is -2.06. The summed E-state index contributed by atoms with van der Waals surface area (Å²) in [5.41, 5.74) is 1.84. The van der Waals surface area contributed by atoms with Crippen LogP contribution in [-0.4, -0.2) is 13.1 Å². The molecule has 3 rings (SSSR count). The highest BCUT2D eigenvalue weighted by Gasteiger charge is 2.55. The SMILES string of the molecule is Fc1ccc([C@@H]2CC23CCNC3)cc1. The Morgan fingerprint density at radius 2 is 2.07 bits per heavy atom. The third-order valence-corrected chi connectivity index (χ3v) is 3.74. The molecule has 1 spiro atoms. The van der Waals surface area contributed by atoms with Gasteiger partial charge in [-0.2, -0.15) is 0 Å². The Kier molecular flexibility index (Phi) is 1.68. The first-order chi connectivity index (χ1) is 6.80. The van der Waals surface area contributed by atoms with Crippen molar-refractivity contribution in [2.24, 2.45) is 5.41 Å². The Bertz CT molecular complexity index is 338. The lowest BCUT2D eigenvalue weighted by molar-refractivity contribution is 0.548. The smallest absolute Gasteiger partial charge is 0.123 e. The lowest BCUT2D eigenvalue weighted by atomic mass is 9.98. The van der Waals surface area contributed by atoms with Crippen molar-refractivity contribution in [3.8, 4) is 0 Å². The molecule has 0 radical (unpaired) electrons. The van der Waals surface area contributed by atoms with Crippen molar-refractivity contribution >= 4 is 0 Å². The molecule has 1 heterocycles. The molecule has 1 saturated heterocycles. The van der Waals surface area contributed by atoms with Crippen LogP contribution in [-0.2, 0) is 0 Å². The van der Waals surface area contributed by atoms with E-state index in [1.165, 1.54) is 18.4 Å². The zero-order chi connectivity index (χ0) is 9.60. The summed E-state index contributed by atoms with van der Waals surface area (Å²) in [7, 11) is 0. The van der Waals surface area contributed by atoms with E-state index in [0.29, 0.717) is 11.3 Å². The molecule has 1 nitrogen and oxygen atoms in total. The second-order valence-electron chi connectivity index (χ2n) is 4.60. The molecule has 2 aliphatic rings. The van der Waals surface area contributed by atoms with Gasteiger partial charge in [0, 0.05) is 6.54 Å². The normalized spacial score (nSPS) is 35.1. The van der Waals surface area contributed by atoms with E-state index in [4.69, 9.17) is 0 Å². The molecule has 1 aromatic carbocycles. The second-order valence-corrected chi connectivity index (χ2v) is 4.60. The van der Waals surface area contributed by atoms with Crippen molar-refractivity contribution in [2.75, 3.05) is 13.1 Å². The number of halogens is 1. The first kappa shape index (κ1) is 8.42. The minimum absolute atomic E-state index is 0.131. The minimum atomic E-state index is -0.131. The van der Waals surface area contributed by atoms with E-state index in [2.05, 4.69) is 5.32 Å². The number of rotatable bonds is 1. The van der Waals surface area contributed by atoms with Gasteiger partial charge in [-0.15, -0.1) is 0 Å². The summed E-state index contributed by atoms with van der Waals surface area (Å²) in [6, 6.07) is 7.02. The Labute approximate surface area is 83.3 Å². The summed E-state index contributed by atoms with van der Waals surface area (Å²) >= 11 is 0. The number of hydrogen-bond acceptors (Lipinski definition) is 1. The Morgan fingerprint density at radius 3 is 2.71 bits per heavy atom. The van der Waals surface area contributed by atoms with Gasteiger partial charge in [0.1, 0.15) is 5.82 Å². The summed E-state index contributed by atoms with van der Waals surface area (Å²) in [5.74, 6) is 0.547. The largest absolute Gasteiger partial charge is 0.316 e. The van der Waals surface area contributed by atoms with Gasteiger partial charge in [0.25, 0.3) is 0 Å². The molecule has 2 heteroatoms. The second kappa shape index (κ2) is 2.80. The van der Waals surface area contributed by atoms with Gasteiger partial charge >= 0.3 is 0 Å². The van der Waals surface area contributed by atoms with Gasteiger partial charge in [0.05, 0.1) is 0 Å². The first-order valence-electron chi connectivity index (χ1n) is 5.26. The maximum atomic E-state index is 12.7. The summed E-state index contributed by atoms with van der Waals surface area (Å²) in [5, 5.41) is 3.41. The Hall–Kier alpha value is -0.890. The van der Waals surface area contributed by atoms with Crippen LogP contribution in [0, 0.1) is 11.2 Å². The van der Waals surface area contributed by atoms with E-state index in [0.717, 1.165) is 13.1 Å². The fraction of sp³-hybridized carbons (Fsp3) is 0.500. The van der Waals surface area contributed by atoms with E-state index in [9.17, 15) is 4.39 Å². The van der Waals surface area contributed by atoms with Crippen LogP contribution >= 0.6 is 0 Å². The van der Waals surface area contributed by atoms with E-state index in [1.807, 2.05) is 12.1 Å². The Morgan fingerprint density at radius 1 is 1.29 bits per heavy atom. The summed E-state index contributed by atoms with van der Waals surface area (Å²) < 4.78 is 12.7. The van der Waals surface area contributed by atoms with E-state index < -0.39 is 0 Å². The summed E-state index contributed by atoms with van der Waals surface area (Å²) in [6.45, 7) is 2.30. The topological polar surface area (TPSA) is 12.0 Å². The zero-order valence-corrected chi connectivity index (χ0v) is 8.09. The molecule has 1 N–H and O–H groups in total. The van der Waals surface area contributed by atoms with Crippen LogP contribution < -0.4 is 5.32 Å². The van der Waals surface area contributed by atoms with Crippen molar-refractivity contribution in [1.29, 1.82) is 0 Å². The van der Waals surface area contributed by atoms with Gasteiger partial charge in [-0.05, 0) is 48.4 Å². The van der Waals surface area contributed by atoms with Crippen LogP contribution in [0.5, 0.6) is 0 Å². The molecule has 1 aromatic rings. The Balaban J connectivity index is 1.82. The third-order valence-electron chi connectivity index (χ3n) is 3.74. The molecule has 1 unspecified atom stereocenters. The van der Waals surface area contributed by atoms with Crippen LogP contribution in [0.3, 0.4) is 0 Å². The van der Waals surface area contributed by atoms with Gasteiger partial charge in [0.2, 0.25) is 0 Å². The van der Waals surface area contributed by atoms with E-state index in [1.54, 1.807) is 12.1 Å². The molecular weight excluding hydrogens is 177 g/mol. The van der Waals surface area contributed by atoms with Gasteiger partial charge in [-0.3, -0.25) is 0 Å². The van der Waals surface area contributed by atoms with Gasteiger partial charge in [0.15, 0.2) is 0 Å². The standard InChI is InChI=1S/C12H14FN/c13-10-3-1-9(2-4-10)11-7-12(11)5-6-14-8-12/h1-4,11,14H,5-8H2/t11-,12?/m0/s1. The number of benzene rings is 1. The average Bonchev–Trinajstić information content (AvgIpc) is 2.68. The molecule has 74 valence electrons. The molecule has 0 bridgehead atoms. The molecule has 0 amide bonds. The summed E-state index contributed by atoms with van der Waals surface area (Å²) in [6.07, 6.45) is 2.57.